The van der Waals surface area contributed by atoms with Gasteiger partial charge in [-0.2, -0.15) is 0 Å². The van der Waals surface area contributed by atoms with Crippen LogP contribution in [0, 0.1) is 5.82 Å². The molecule has 1 aliphatic rings. The molecular formula is C13H16FNO2. The van der Waals surface area contributed by atoms with E-state index in [4.69, 9.17) is 4.74 Å². The van der Waals surface area contributed by atoms with E-state index in [1.54, 1.807) is 7.05 Å². The standard InChI is InChI=1S/C13H16FNO2/c1-15-8-12(16)11-7-9(14)5-6-13(11)17-10-3-2-4-10/h5-7,10,15H,2-4,8H2,1H3. The Hall–Kier alpha value is -1.42. The van der Waals surface area contributed by atoms with Gasteiger partial charge in [0.25, 0.3) is 0 Å². The second-order valence-electron chi connectivity index (χ2n) is 4.26. The van der Waals surface area contributed by atoms with Crippen molar-refractivity contribution >= 4 is 5.78 Å². The lowest BCUT2D eigenvalue weighted by molar-refractivity contribution is 0.0964. The lowest BCUT2D eigenvalue weighted by atomic mass is 9.96. The van der Waals surface area contributed by atoms with Crippen LogP contribution in [-0.2, 0) is 0 Å². The maximum atomic E-state index is 13.2. The van der Waals surface area contributed by atoms with Crippen molar-refractivity contribution < 1.29 is 13.9 Å². The van der Waals surface area contributed by atoms with Crippen molar-refractivity contribution in [3.63, 3.8) is 0 Å². The molecule has 0 heterocycles. The first-order valence-electron chi connectivity index (χ1n) is 5.84. The third kappa shape index (κ3) is 2.82. The van der Waals surface area contributed by atoms with Gasteiger partial charge in [0.2, 0.25) is 0 Å². The van der Waals surface area contributed by atoms with Gasteiger partial charge >= 0.3 is 0 Å². The Kier molecular flexibility index (Phi) is 3.74. The summed E-state index contributed by atoms with van der Waals surface area (Å²) in [7, 11) is 1.68. The molecule has 3 nitrogen and oxygen atoms in total. The summed E-state index contributed by atoms with van der Waals surface area (Å²) in [4.78, 5) is 11.8. The van der Waals surface area contributed by atoms with Crippen LogP contribution in [0.25, 0.3) is 0 Å². The Labute approximate surface area is 100.0 Å². The first-order valence-corrected chi connectivity index (χ1v) is 5.84. The summed E-state index contributed by atoms with van der Waals surface area (Å²) in [6.45, 7) is 0.185. The van der Waals surface area contributed by atoms with Crippen LogP contribution in [0.4, 0.5) is 4.39 Å². The second-order valence-corrected chi connectivity index (χ2v) is 4.26. The van der Waals surface area contributed by atoms with E-state index in [1.165, 1.54) is 18.2 Å². The number of nitrogens with one attached hydrogen (secondary N) is 1. The summed E-state index contributed by atoms with van der Waals surface area (Å²) in [5, 5.41) is 2.77. The average molecular weight is 237 g/mol. The molecule has 4 heteroatoms. The Balaban J connectivity index is 2.19. The average Bonchev–Trinajstić information content (AvgIpc) is 2.25. The lowest BCUT2D eigenvalue weighted by Gasteiger charge is -2.27. The smallest absolute Gasteiger partial charge is 0.180 e. The third-order valence-corrected chi connectivity index (χ3v) is 2.93. The normalized spacial score (nSPS) is 15.4. The van der Waals surface area contributed by atoms with Gasteiger partial charge in [0, 0.05) is 0 Å². The number of Topliss-reactive ketones (excluding diaryl/α,β-unsaturated/α-hetero) is 1. The van der Waals surface area contributed by atoms with Gasteiger partial charge in [-0.3, -0.25) is 4.79 Å². The molecule has 1 saturated carbocycles. The van der Waals surface area contributed by atoms with Crippen LogP contribution in [0.5, 0.6) is 5.75 Å². The molecule has 0 radical (unpaired) electrons. The van der Waals surface area contributed by atoms with Gasteiger partial charge in [-0.05, 0) is 44.5 Å². The molecule has 1 aromatic rings. The van der Waals surface area contributed by atoms with Crippen LogP contribution >= 0.6 is 0 Å². The number of ether oxygens (including phenoxy) is 1. The zero-order valence-electron chi connectivity index (χ0n) is 9.83. The number of likely N-dealkylation sites (N-methyl/N-ethyl adjacent to an activating group) is 1. The maximum Gasteiger partial charge on any atom is 0.180 e. The molecule has 1 N–H and O–H groups in total. The molecule has 1 aliphatic carbocycles. The fraction of sp³-hybridized carbons (Fsp3) is 0.462. The maximum absolute atomic E-state index is 13.2. The highest BCUT2D eigenvalue weighted by molar-refractivity contribution is 6.00. The Morgan fingerprint density at radius 2 is 2.29 bits per heavy atom. The monoisotopic (exact) mass is 237 g/mol. The van der Waals surface area contributed by atoms with Crippen molar-refractivity contribution in [2.24, 2.45) is 0 Å². The minimum Gasteiger partial charge on any atom is -0.490 e. The van der Waals surface area contributed by atoms with E-state index in [1.807, 2.05) is 0 Å². The summed E-state index contributed by atoms with van der Waals surface area (Å²) >= 11 is 0. The van der Waals surface area contributed by atoms with E-state index in [0.717, 1.165) is 19.3 Å². The first kappa shape index (κ1) is 12.0. The highest BCUT2D eigenvalue weighted by Crippen LogP contribution is 2.28. The molecule has 0 atom stereocenters. The van der Waals surface area contributed by atoms with Gasteiger partial charge in [0.15, 0.2) is 5.78 Å². The SMILES string of the molecule is CNCC(=O)c1cc(F)ccc1OC1CCC1. The van der Waals surface area contributed by atoms with Gasteiger partial charge in [0.05, 0.1) is 18.2 Å². The number of carbonyl (C=O) groups is 1. The molecule has 0 aromatic heterocycles. The van der Waals surface area contributed by atoms with Crippen molar-refractivity contribution in [2.75, 3.05) is 13.6 Å². The van der Waals surface area contributed by atoms with E-state index < -0.39 is 5.82 Å². The van der Waals surface area contributed by atoms with Gasteiger partial charge in [-0.1, -0.05) is 0 Å². The van der Waals surface area contributed by atoms with Crippen molar-refractivity contribution in [1.82, 2.24) is 5.32 Å². The second kappa shape index (κ2) is 5.27. The van der Waals surface area contributed by atoms with Crippen molar-refractivity contribution in [3.05, 3.63) is 29.6 Å². The summed E-state index contributed by atoms with van der Waals surface area (Å²) < 4.78 is 18.8. The van der Waals surface area contributed by atoms with Crippen LogP contribution < -0.4 is 10.1 Å². The molecule has 0 aliphatic heterocycles. The molecule has 92 valence electrons. The van der Waals surface area contributed by atoms with Crippen LogP contribution in [0.3, 0.4) is 0 Å². The van der Waals surface area contributed by atoms with Crippen molar-refractivity contribution in [3.8, 4) is 5.75 Å². The summed E-state index contributed by atoms with van der Waals surface area (Å²) in [6, 6.07) is 4.11. The largest absolute Gasteiger partial charge is 0.490 e. The highest BCUT2D eigenvalue weighted by atomic mass is 19.1. The van der Waals surface area contributed by atoms with Gasteiger partial charge < -0.3 is 10.1 Å². The molecule has 1 fully saturated rings. The van der Waals surface area contributed by atoms with Crippen LogP contribution in [0.15, 0.2) is 18.2 Å². The van der Waals surface area contributed by atoms with E-state index in [-0.39, 0.29) is 18.4 Å². The van der Waals surface area contributed by atoms with Gasteiger partial charge in [-0.25, -0.2) is 4.39 Å². The van der Waals surface area contributed by atoms with E-state index in [9.17, 15) is 9.18 Å². The number of hydrogen-bond donors (Lipinski definition) is 1. The predicted octanol–water partition coefficient (Wildman–Crippen LogP) is 2.16. The summed E-state index contributed by atoms with van der Waals surface area (Å²) in [5.41, 5.74) is 0.325. The number of ketones is 1. The Morgan fingerprint density at radius 1 is 1.53 bits per heavy atom. The Bertz CT molecular complexity index is 416. The molecule has 0 unspecified atom stereocenters. The summed E-state index contributed by atoms with van der Waals surface area (Å²) in [5.74, 6) is -0.0666. The number of carbonyl (C=O) groups excluding carboxylic acids is 1. The predicted molar refractivity (Wildman–Crippen MR) is 62.9 cm³/mol. The molecule has 1 aromatic carbocycles. The zero-order valence-corrected chi connectivity index (χ0v) is 9.83. The fourth-order valence-corrected chi connectivity index (χ4v) is 1.75. The van der Waals surface area contributed by atoms with E-state index in [2.05, 4.69) is 5.32 Å². The molecule has 0 saturated heterocycles. The van der Waals surface area contributed by atoms with Crippen LogP contribution in [-0.4, -0.2) is 25.5 Å². The van der Waals surface area contributed by atoms with E-state index >= 15 is 0 Å². The minimum absolute atomic E-state index is 0.152. The highest BCUT2D eigenvalue weighted by Gasteiger charge is 2.22. The number of halogens is 1. The number of benzene rings is 1. The number of rotatable bonds is 5. The molecule has 0 bridgehead atoms. The molecular weight excluding hydrogens is 221 g/mol. The molecule has 2 rings (SSSR count). The topological polar surface area (TPSA) is 38.3 Å². The van der Waals surface area contributed by atoms with Gasteiger partial charge in [-0.15, -0.1) is 0 Å². The van der Waals surface area contributed by atoms with Crippen LogP contribution in [0.2, 0.25) is 0 Å². The quantitative estimate of drug-likeness (QED) is 0.797. The van der Waals surface area contributed by atoms with Gasteiger partial charge in [0.1, 0.15) is 11.6 Å². The van der Waals surface area contributed by atoms with E-state index in [0.29, 0.717) is 11.3 Å². The molecule has 0 amide bonds. The zero-order chi connectivity index (χ0) is 12.3. The third-order valence-electron chi connectivity index (χ3n) is 2.93. The van der Waals surface area contributed by atoms with Crippen molar-refractivity contribution in [1.29, 1.82) is 0 Å². The fourth-order valence-electron chi connectivity index (χ4n) is 1.75. The minimum atomic E-state index is -0.412. The molecule has 17 heavy (non-hydrogen) atoms. The van der Waals surface area contributed by atoms with Crippen molar-refractivity contribution in [2.45, 2.75) is 25.4 Å². The lowest BCUT2D eigenvalue weighted by Crippen LogP contribution is -2.26. The number of hydrogen-bond acceptors (Lipinski definition) is 3. The molecule has 0 spiro atoms. The Morgan fingerprint density at radius 3 is 2.88 bits per heavy atom. The van der Waals surface area contributed by atoms with Crippen LogP contribution in [0.1, 0.15) is 29.6 Å². The summed E-state index contributed by atoms with van der Waals surface area (Å²) in [6.07, 6.45) is 3.36. The first-order chi connectivity index (χ1) is 8.20.